The highest BCUT2D eigenvalue weighted by molar-refractivity contribution is 5.95. The molecule has 0 spiro atoms. The van der Waals surface area contributed by atoms with Gasteiger partial charge in [-0.2, -0.15) is 0 Å². The molecule has 206 valence electrons. The Hall–Kier alpha value is -4.05. The number of esters is 1. The number of hydrogen-bond donors (Lipinski definition) is 2. The van der Waals surface area contributed by atoms with Crippen LogP contribution >= 0.6 is 0 Å². The third-order valence-electron chi connectivity index (χ3n) is 6.63. The zero-order valence-electron chi connectivity index (χ0n) is 22.9. The topological polar surface area (TPSA) is 117 Å². The summed E-state index contributed by atoms with van der Waals surface area (Å²) < 4.78 is 5.28. The summed E-state index contributed by atoms with van der Waals surface area (Å²) in [7, 11) is 0. The van der Waals surface area contributed by atoms with Crippen molar-refractivity contribution in [2.75, 3.05) is 43.4 Å². The van der Waals surface area contributed by atoms with Gasteiger partial charge in [0, 0.05) is 49.7 Å². The molecule has 39 heavy (non-hydrogen) atoms. The van der Waals surface area contributed by atoms with Gasteiger partial charge in [-0.25, -0.2) is 14.8 Å². The average molecular weight is 533 g/mol. The van der Waals surface area contributed by atoms with E-state index in [2.05, 4.69) is 15.5 Å². The van der Waals surface area contributed by atoms with E-state index < -0.39 is 6.04 Å². The number of fused-ring (bicyclic) bond motifs is 1. The highest BCUT2D eigenvalue weighted by atomic mass is 16.5. The number of aromatic nitrogens is 2. The van der Waals surface area contributed by atoms with Crippen LogP contribution < -0.4 is 10.6 Å². The van der Waals surface area contributed by atoms with E-state index in [1.165, 1.54) is 6.92 Å². The predicted octanol–water partition coefficient (Wildman–Crippen LogP) is 3.55. The van der Waals surface area contributed by atoms with Gasteiger partial charge in [0.15, 0.2) is 0 Å². The van der Waals surface area contributed by atoms with Crippen molar-refractivity contribution in [3.05, 3.63) is 59.9 Å². The van der Waals surface area contributed by atoms with Gasteiger partial charge < -0.3 is 20.3 Å². The Labute approximate surface area is 228 Å². The summed E-state index contributed by atoms with van der Waals surface area (Å²) >= 11 is 0. The third-order valence-corrected chi connectivity index (χ3v) is 6.63. The predicted molar refractivity (Wildman–Crippen MR) is 150 cm³/mol. The molecule has 10 heteroatoms. The van der Waals surface area contributed by atoms with E-state index in [9.17, 15) is 14.4 Å². The first-order valence-electron chi connectivity index (χ1n) is 13.3. The monoisotopic (exact) mass is 532 g/mol. The Morgan fingerprint density at radius 2 is 1.67 bits per heavy atom. The van der Waals surface area contributed by atoms with Crippen LogP contribution in [-0.2, 0) is 20.9 Å². The molecule has 1 saturated heterocycles. The molecule has 2 N–H and O–H groups in total. The van der Waals surface area contributed by atoms with Crippen molar-refractivity contribution in [1.82, 2.24) is 19.8 Å². The standard InChI is InChI=1S/C29H36N6O4/c1-5-39-29(38)26(19(2)3)33-27-23-8-6-7-9-24(23)31-25(32-27)18-34-14-16-35(17-15-34)28(37)21-10-12-22(13-11-21)30-20(4)36/h6-13,19,26H,5,14-18H2,1-4H3,(H,30,36)(H,31,32,33)/t26-/m0/s1. The minimum Gasteiger partial charge on any atom is -0.464 e. The SMILES string of the molecule is CCOC(=O)[C@@H](Nc1nc(CN2CCN(C(=O)c3ccc(NC(C)=O)cc3)CC2)nc2ccccc12)C(C)C. The van der Waals surface area contributed by atoms with E-state index in [4.69, 9.17) is 14.7 Å². The van der Waals surface area contributed by atoms with Gasteiger partial charge >= 0.3 is 5.97 Å². The highest BCUT2D eigenvalue weighted by Crippen LogP contribution is 2.23. The highest BCUT2D eigenvalue weighted by Gasteiger charge is 2.26. The van der Waals surface area contributed by atoms with Gasteiger partial charge in [-0.1, -0.05) is 26.0 Å². The first-order valence-corrected chi connectivity index (χ1v) is 13.3. The van der Waals surface area contributed by atoms with E-state index in [-0.39, 0.29) is 23.7 Å². The molecule has 0 unspecified atom stereocenters. The lowest BCUT2D eigenvalue weighted by atomic mass is 10.0. The molecule has 1 fully saturated rings. The maximum Gasteiger partial charge on any atom is 0.328 e. The number of rotatable bonds is 9. The molecule has 1 aromatic heterocycles. The van der Waals surface area contributed by atoms with Crippen LogP contribution in [0.3, 0.4) is 0 Å². The molecule has 0 radical (unpaired) electrons. The van der Waals surface area contributed by atoms with Crippen LogP contribution in [0.5, 0.6) is 0 Å². The van der Waals surface area contributed by atoms with Crippen molar-refractivity contribution in [3.8, 4) is 0 Å². The number of benzene rings is 2. The Bertz CT molecular complexity index is 1320. The molecule has 3 aromatic rings. The molecule has 2 amide bonds. The molecule has 0 bridgehead atoms. The summed E-state index contributed by atoms with van der Waals surface area (Å²) in [5, 5.41) is 6.87. The van der Waals surface area contributed by atoms with Crippen LogP contribution in [0.1, 0.15) is 43.9 Å². The second-order valence-electron chi connectivity index (χ2n) is 9.95. The first-order chi connectivity index (χ1) is 18.7. The fraction of sp³-hybridized carbons (Fsp3) is 0.414. The number of anilines is 2. The summed E-state index contributed by atoms with van der Waals surface area (Å²) in [6, 6.07) is 14.1. The van der Waals surface area contributed by atoms with Crippen LogP contribution in [0.4, 0.5) is 11.5 Å². The molecule has 4 rings (SSSR count). The van der Waals surface area contributed by atoms with Crippen molar-refractivity contribution in [2.45, 2.75) is 40.3 Å². The average Bonchev–Trinajstić information content (AvgIpc) is 2.91. The largest absolute Gasteiger partial charge is 0.464 e. The van der Waals surface area contributed by atoms with Crippen molar-refractivity contribution < 1.29 is 19.1 Å². The van der Waals surface area contributed by atoms with E-state index >= 15 is 0 Å². The number of hydrogen-bond acceptors (Lipinski definition) is 8. The maximum atomic E-state index is 13.0. The second kappa shape index (κ2) is 12.7. The minimum atomic E-state index is -0.530. The van der Waals surface area contributed by atoms with Crippen molar-refractivity contribution in [1.29, 1.82) is 0 Å². The summed E-state index contributed by atoms with van der Waals surface area (Å²) in [5.41, 5.74) is 2.05. The first kappa shape index (κ1) is 28.0. The fourth-order valence-corrected chi connectivity index (χ4v) is 4.57. The number of carbonyl (C=O) groups is 3. The number of nitrogens with zero attached hydrogens (tertiary/aromatic N) is 4. The minimum absolute atomic E-state index is 0.00782. The number of nitrogens with one attached hydrogen (secondary N) is 2. The summed E-state index contributed by atoms with van der Waals surface area (Å²) in [4.78, 5) is 50.5. The molecule has 1 aliphatic rings. The quantitative estimate of drug-likeness (QED) is 0.402. The molecular formula is C29H36N6O4. The van der Waals surface area contributed by atoms with Crippen LogP contribution in [0.15, 0.2) is 48.5 Å². The fourth-order valence-electron chi connectivity index (χ4n) is 4.57. The Morgan fingerprint density at radius 3 is 2.31 bits per heavy atom. The lowest BCUT2D eigenvalue weighted by Crippen LogP contribution is -2.48. The molecule has 0 saturated carbocycles. The number of piperazine rings is 1. The smallest absolute Gasteiger partial charge is 0.328 e. The molecule has 1 aliphatic heterocycles. The maximum absolute atomic E-state index is 13.0. The Kier molecular flexibility index (Phi) is 9.08. The number of amides is 2. The molecular weight excluding hydrogens is 496 g/mol. The molecule has 1 atom stereocenters. The lowest BCUT2D eigenvalue weighted by molar-refractivity contribution is -0.145. The van der Waals surface area contributed by atoms with Gasteiger partial charge in [-0.3, -0.25) is 14.5 Å². The van der Waals surface area contributed by atoms with E-state index in [0.717, 1.165) is 10.9 Å². The van der Waals surface area contributed by atoms with Gasteiger partial charge in [0.2, 0.25) is 5.91 Å². The van der Waals surface area contributed by atoms with E-state index in [0.29, 0.717) is 62.2 Å². The summed E-state index contributed by atoms with van der Waals surface area (Å²) in [6.07, 6.45) is 0. The molecule has 2 heterocycles. The molecule has 0 aliphatic carbocycles. The summed E-state index contributed by atoms with van der Waals surface area (Å²) in [6.45, 7) is 10.6. The van der Waals surface area contributed by atoms with Crippen LogP contribution in [0, 0.1) is 5.92 Å². The molecule has 2 aromatic carbocycles. The zero-order chi connectivity index (χ0) is 27.9. The Morgan fingerprint density at radius 1 is 0.974 bits per heavy atom. The van der Waals surface area contributed by atoms with Crippen LogP contribution in [0.2, 0.25) is 0 Å². The van der Waals surface area contributed by atoms with Gasteiger partial charge in [0.1, 0.15) is 17.7 Å². The lowest BCUT2D eigenvalue weighted by Gasteiger charge is -2.34. The van der Waals surface area contributed by atoms with Gasteiger partial charge in [0.25, 0.3) is 5.91 Å². The normalized spacial score (nSPS) is 14.7. The number of carbonyl (C=O) groups excluding carboxylic acids is 3. The van der Waals surface area contributed by atoms with E-state index in [1.54, 1.807) is 31.2 Å². The van der Waals surface area contributed by atoms with Gasteiger partial charge in [-0.15, -0.1) is 0 Å². The summed E-state index contributed by atoms with van der Waals surface area (Å²) in [5.74, 6) is 0.781. The number of ether oxygens (including phenoxy) is 1. The Balaban J connectivity index is 1.43. The number of para-hydroxylation sites is 1. The third kappa shape index (κ3) is 7.08. The second-order valence-corrected chi connectivity index (χ2v) is 9.95. The zero-order valence-corrected chi connectivity index (χ0v) is 22.9. The van der Waals surface area contributed by atoms with Crippen LogP contribution in [-0.4, -0.2) is 76.4 Å². The van der Waals surface area contributed by atoms with Gasteiger partial charge in [-0.05, 0) is 49.2 Å². The van der Waals surface area contributed by atoms with Crippen molar-refractivity contribution >= 4 is 40.2 Å². The molecule has 10 nitrogen and oxygen atoms in total. The van der Waals surface area contributed by atoms with Crippen molar-refractivity contribution in [3.63, 3.8) is 0 Å². The van der Waals surface area contributed by atoms with E-state index in [1.807, 2.05) is 43.0 Å². The van der Waals surface area contributed by atoms with Gasteiger partial charge in [0.05, 0.1) is 18.7 Å². The van der Waals surface area contributed by atoms with Crippen LogP contribution in [0.25, 0.3) is 10.9 Å². The van der Waals surface area contributed by atoms with Crippen molar-refractivity contribution in [2.24, 2.45) is 5.92 Å².